The predicted molar refractivity (Wildman–Crippen MR) is 106 cm³/mol. The van der Waals surface area contributed by atoms with Crippen LogP contribution in [0.5, 0.6) is 11.5 Å². The lowest BCUT2D eigenvalue weighted by molar-refractivity contribution is -0.119. The number of esters is 1. The van der Waals surface area contributed by atoms with Gasteiger partial charge >= 0.3 is 5.97 Å². The van der Waals surface area contributed by atoms with Gasteiger partial charge in [0.05, 0.1) is 18.8 Å². The highest BCUT2D eigenvalue weighted by atomic mass is 16.5. The summed E-state index contributed by atoms with van der Waals surface area (Å²) >= 11 is 0. The molecule has 0 fully saturated rings. The van der Waals surface area contributed by atoms with Gasteiger partial charge in [0.15, 0.2) is 18.1 Å². The van der Waals surface area contributed by atoms with Crippen LogP contribution in [0.2, 0.25) is 0 Å². The minimum absolute atomic E-state index is 0.00493. The van der Waals surface area contributed by atoms with Crippen LogP contribution in [0.1, 0.15) is 43.1 Å². The lowest BCUT2D eigenvalue weighted by Crippen LogP contribution is -2.21. The topological polar surface area (TPSA) is 73.9 Å². The normalized spacial score (nSPS) is 13.4. The van der Waals surface area contributed by atoms with Gasteiger partial charge in [-0.1, -0.05) is 32.9 Å². The number of benzene rings is 2. The molecule has 148 valence electrons. The van der Waals surface area contributed by atoms with Gasteiger partial charge in [0, 0.05) is 18.2 Å². The van der Waals surface area contributed by atoms with Crippen molar-refractivity contribution in [2.24, 2.45) is 0 Å². The van der Waals surface area contributed by atoms with Crippen molar-refractivity contribution in [2.45, 2.75) is 32.6 Å². The maximum atomic E-state index is 12.2. The Morgan fingerprint density at radius 2 is 1.68 bits per heavy atom. The van der Waals surface area contributed by atoms with Crippen molar-refractivity contribution < 1.29 is 23.8 Å². The number of carbonyl (C=O) groups excluding carboxylic acids is 2. The highest BCUT2D eigenvalue weighted by molar-refractivity contribution is 5.95. The van der Waals surface area contributed by atoms with E-state index >= 15 is 0 Å². The second kappa shape index (κ2) is 8.33. The zero-order valence-electron chi connectivity index (χ0n) is 16.4. The summed E-state index contributed by atoms with van der Waals surface area (Å²) in [6, 6.07) is 12.4. The van der Waals surface area contributed by atoms with E-state index < -0.39 is 11.9 Å². The molecule has 1 aliphatic rings. The molecule has 3 rings (SSSR count). The van der Waals surface area contributed by atoms with Crippen LogP contribution in [0.4, 0.5) is 5.69 Å². The van der Waals surface area contributed by atoms with E-state index in [-0.39, 0.29) is 12.0 Å². The SMILES string of the molecule is CC(C)(C)c1ccc(C(=O)OCC(=O)Nc2ccc3c(c2)OCCCO3)cc1. The van der Waals surface area contributed by atoms with Crippen LogP contribution in [0.15, 0.2) is 42.5 Å². The fourth-order valence-electron chi connectivity index (χ4n) is 2.76. The van der Waals surface area contributed by atoms with Crippen molar-refractivity contribution in [3.63, 3.8) is 0 Å². The van der Waals surface area contributed by atoms with Crippen LogP contribution < -0.4 is 14.8 Å². The fraction of sp³-hybridized carbons (Fsp3) is 0.364. The van der Waals surface area contributed by atoms with Gasteiger partial charge in [-0.3, -0.25) is 4.79 Å². The molecule has 6 heteroatoms. The second-order valence-electron chi connectivity index (χ2n) is 7.66. The number of hydrogen-bond donors (Lipinski definition) is 1. The van der Waals surface area contributed by atoms with E-state index in [1.807, 2.05) is 12.1 Å². The zero-order chi connectivity index (χ0) is 20.1. The second-order valence-corrected chi connectivity index (χ2v) is 7.66. The molecular weight excluding hydrogens is 358 g/mol. The lowest BCUT2D eigenvalue weighted by Gasteiger charge is -2.18. The van der Waals surface area contributed by atoms with Crippen LogP contribution in [-0.2, 0) is 14.9 Å². The van der Waals surface area contributed by atoms with Gasteiger partial charge in [0.1, 0.15) is 0 Å². The molecule has 2 aromatic rings. The molecule has 0 aliphatic carbocycles. The lowest BCUT2D eigenvalue weighted by atomic mass is 9.87. The van der Waals surface area contributed by atoms with Crippen molar-refractivity contribution >= 4 is 17.6 Å². The number of nitrogens with one attached hydrogen (secondary N) is 1. The van der Waals surface area contributed by atoms with Crippen molar-refractivity contribution in [3.8, 4) is 11.5 Å². The summed E-state index contributed by atoms with van der Waals surface area (Å²) in [5.74, 6) is 0.287. The summed E-state index contributed by atoms with van der Waals surface area (Å²) in [4.78, 5) is 24.3. The van der Waals surface area contributed by atoms with Gasteiger partial charge in [-0.05, 0) is 35.2 Å². The Labute approximate surface area is 164 Å². The van der Waals surface area contributed by atoms with Crippen LogP contribution in [0.25, 0.3) is 0 Å². The largest absolute Gasteiger partial charge is 0.490 e. The van der Waals surface area contributed by atoms with E-state index in [9.17, 15) is 9.59 Å². The molecule has 6 nitrogen and oxygen atoms in total. The summed E-state index contributed by atoms with van der Waals surface area (Å²) < 4.78 is 16.3. The minimum Gasteiger partial charge on any atom is -0.490 e. The Balaban J connectivity index is 1.54. The number of fused-ring (bicyclic) bond motifs is 1. The third kappa shape index (κ3) is 5.03. The molecule has 1 amide bonds. The van der Waals surface area contributed by atoms with Gasteiger partial charge in [-0.25, -0.2) is 4.79 Å². The van der Waals surface area contributed by atoms with Crippen LogP contribution in [-0.4, -0.2) is 31.7 Å². The smallest absolute Gasteiger partial charge is 0.338 e. The van der Waals surface area contributed by atoms with Crippen LogP contribution >= 0.6 is 0 Å². The highest BCUT2D eigenvalue weighted by Gasteiger charge is 2.16. The van der Waals surface area contributed by atoms with E-state index in [0.717, 1.165) is 12.0 Å². The van der Waals surface area contributed by atoms with E-state index in [4.69, 9.17) is 14.2 Å². The van der Waals surface area contributed by atoms with Gasteiger partial charge < -0.3 is 19.5 Å². The number of anilines is 1. The number of hydrogen-bond acceptors (Lipinski definition) is 5. The first kappa shape index (κ1) is 19.7. The molecule has 0 atom stereocenters. The maximum absolute atomic E-state index is 12.2. The van der Waals surface area contributed by atoms with E-state index in [1.165, 1.54) is 0 Å². The van der Waals surface area contributed by atoms with Crippen molar-refractivity contribution in [3.05, 3.63) is 53.6 Å². The van der Waals surface area contributed by atoms with Crippen molar-refractivity contribution in [1.29, 1.82) is 0 Å². The zero-order valence-corrected chi connectivity index (χ0v) is 16.4. The van der Waals surface area contributed by atoms with Crippen molar-refractivity contribution in [1.82, 2.24) is 0 Å². The van der Waals surface area contributed by atoms with Gasteiger partial charge in [-0.2, -0.15) is 0 Å². The molecule has 1 heterocycles. The molecule has 1 N–H and O–H groups in total. The van der Waals surface area contributed by atoms with E-state index in [1.54, 1.807) is 30.3 Å². The number of rotatable bonds is 4. The summed E-state index contributed by atoms with van der Waals surface area (Å²) in [5, 5.41) is 2.70. The molecule has 28 heavy (non-hydrogen) atoms. The molecule has 0 unspecified atom stereocenters. The first-order valence-corrected chi connectivity index (χ1v) is 9.30. The molecule has 2 aromatic carbocycles. The predicted octanol–water partition coefficient (Wildman–Crippen LogP) is 3.94. The standard InChI is InChI=1S/C22H25NO5/c1-22(2,3)16-7-5-15(6-8-16)21(25)28-14-20(24)23-17-9-10-18-19(13-17)27-12-4-11-26-18/h5-10,13H,4,11-12,14H2,1-3H3,(H,23,24). The number of carbonyl (C=O) groups is 2. The van der Waals surface area contributed by atoms with Crippen molar-refractivity contribution in [2.75, 3.05) is 25.1 Å². The molecule has 0 spiro atoms. The minimum atomic E-state index is -0.533. The average Bonchev–Trinajstić information content (AvgIpc) is 2.90. The quantitative estimate of drug-likeness (QED) is 0.810. The maximum Gasteiger partial charge on any atom is 0.338 e. The number of amides is 1. The van der Waals surface area contributed by atoms with Crippen LogP contribution in [0.3, 0.4) is 0 Å². The molecule has 0 saturated carbocycles. The Kier molecular flexibility index (Phi) is 5.87. The average molecular weight is 383 g/mol. The summed E-state index contributed by atoms with van der Waals surface area (Å²) in [6.45, 7) is 7.11. The summed E-state index contributed by atoms with van der Waals surface area (Å²) in [7, 11) is 0. The first-order valence-electron chi connectivity index (χ1n) is 9.30. The fourth-order valence-corrected chi connectivity index (χ4v) is 2.76. The van der Waals surface area contributed by atoms with E-state index in [0.29, 0.717) is 36.0 Å². The molecule has 1 aliphatic heterocycles. The summed E-state index contributed by atoms with van der Waals surface area (Å²) in [6.07, 6.45) is 0.809. The van der Waals surface area contributed by atoms with Gasteiger partial charge in [0.25, 0.3) is 5.91 Å². The highest BCUT2D eigenvalue weighted by Crippen LogP contribution is 2.32. The Morgan fingerprint density at radius 3 is 2.36 bits per heavy atom. The third-order valence-corrected chi connectivity index (χ3v) is 4.35. The van der Waals surface area contributed by atoms with Gasteiger partial charge in [-0.15, -0.1) is 0 Å². The Morgan fingerprint density at radius 1 is 1.00 bits per heavy atom. The molecular formula is C22H25NO5. The summed E-state index contributed by atoms with van der Waals surface area (Å²) in [5.41, 5.74) is 2.10. The molecule has 0 saturated heterocycles. The van der Waals surface area contributed by atoms with E-state index in [2.05, 4.69) is 26.1 Å². The molecule has 0 bridgehead atoms. The molecule has 0 radical (unpaired) electrons. The monoisotopic (exact) mass is 383 g/mol. The van der Waals surface area contributed by atoms with Crippen LogP contribution in [0, 0.1) is 0 Å². The Hall–Kier alpha value is -3.02. The third-order valence-electron chi connectivity index (χ3n) is 4.35. The first-order chi connectivity index (χ1) is 13.3. The van der Waals surface area contributed by atoms with Gasteiger partial charge in [0.2, 0.25) is 0 Å². The molecule has 0 aromatic heterocycles. The number of ether oxygens (including phenoxy) is 3. The Bertz CT molecular complexity index is 852.